The first kappa shape index (κ1) is 19.8. The smallest absolute Gasteiger partial charge is 0.240 e. The number of anilines is 1. The van der Waals surface area contributed by atoms with E-state index in [2.05, 4.69) is 10.6 Å². The van der Waals surface area contributed by atoms with E-state index in [4.69, 9.17) is 4.74 Å². The predicted molar refractivity (Wildman–Crippen MR) is 107 cm³/mol. The molecule has 0 unspecified atom stereocenters. The lowest BCUT2D eigenvalue weighted by atomic mass is 10.2. The molecule has 0 radical (unpaired) electrons. The molecular weight excluding hydrogens is 378 g/mol. The maximum atomic E-state index is 12.2. The van der Waals surface area contributed by atoms with Crippen molar-refractivity contribution in [3.05, 3.63) is 54.1 Å². The topological polar surface area (TPSA) is 87.7 Å². The van der Waals surface area contributed by atoms with Gasteiger partial charge in [-0.1, -0.05) is 24.3 Å². The Morgan fingerprint density at radius 2 is 1.82 bits per heavy atom. The number of carbonyl (C=O) groups is 3. The summed E-state index contributed by atoms with van der Waals surface area (Å²) in [5.74, 6) is 0.240. The molecule has 7 nitrogen and oxygen atoms in total. The van der Waals surface area contributed by atoms with Crippen molar-refractivity contribution in [2.75, 3.05) is 30.9 Å². The molecule has 2 N–H and O–H groups in total. The molecule has 0 aliphatic carbocycles. The van der Waals surface area contributed by atoms with Crippen LogP contribution in [0.5, 0.6) is 5.75 Å². The molecule has 0 atom stereocenters. The molecule has 146 valence electrons. The lowest BCUT2D eigenvalue weighted by Crippen LogP contribution is -2.45. The predicted octanol–water partition coefficient (Wildman–Crippen LogP) is 1.57. The number of hydrogen-bond acceptors (Lipinski definition) is 5. The first-order valence-electron chi connectivity index (χ1n) is 8.75. The number of nitrogens with one attached hydrogen (secondary N) is 2. The van der Waals surface area contributed by atoms with Gasteiger partial charge in [0.25, 0.3) is 0 Å². The van der Waals surface area contributed by atoms with Gasteiger partial charge in [-0.15, -0.1) is 11.8 Å². The minimum absolute atomic E-state index is 0.109. The van der Waals surface area contributed by atoms with E-state index in [1.165, 1.54) is 16.7 Å². The van der Waals surface area contributed by atoms with Crippen molar-refractivity contribution in [2.24, 2.45) is 0 Å². The molecule has 28 heavy (non-hydrogen) atoms. The van der Waals surface area contributed by atoms with Crippen molar-refractivity contribution < 1.29 is 19.1 Å². The second kappa shape index (κ2) is 9.27. The highest BCUT2D eigenvalue weighted by atomic mass is 32.2. The first-order chi connectivity index (χ1) is 13.6. The molecule has 8 heteroatoms. The van der Waals surface area contributed by atoms with Crippen LogP contribution in [0.4, 0.5) is 5.69 Å². The quantitative estimate of drug-likeness (QED) is 0.738. The van der Waals surface area contributed by atoms with E-state index in [0.717, 1.165) is 21.9 Å². The number of rotatable bonds is 7. The molecule has 1 aliphatic rings. The van der Waals surface area contributed by atoms with E-state index >= 15 is 0 Å². The number of benzene rings is 2. The Kier molecular flexibility index (Phi) is 6.54. The van der Waals surface area contributed by atoms with Crippen LogP contribution in [0.25, 0.3) is 0 Å². The number of fused-ring (bicyclic) bond motifs is 1. The summed E-state index contributed by atoms with van der Waals surface area (Å²) in [4.78, 5) is 38.8. The van der Waals surface area contributed by atoms with Crippen molar-refractivity contribution in [3.63, 3.8) is 0 Å². The molecule has 0 aromatic heterocycles. The molecule has 0 fully saturated rings. The average Bonchev–Trinajstić information content (AvgIpc) is 2.73. The molecule has 2 aromatic rings. The van der Waals surface area contributed by atoms with Crippen LogP contribution in [0.15, 0.2) is 53.4 Å². The number of amides is 3. The Morgan fingerprint density at radius 1 is 1.07 bits per heavy atom. The lowest BCUT2D eigenvalue weighted by molar-refractivity contribution is -0.126. The molecular formula is C20H21N3O4S. The zero-order valence-corrected chi connectivity index (χ0v) is 16.3. The van der Waals surface area contributed by atoms with E-state index < -0.39 is 0 Å². The highest BCUT2D eigenvalue weighted by Gasteiger charge is 2.26. The number of nitrogens with zero attached hydrogens (tertiary/aromatic N) is 1. The Labute approximate surface area is 167 Å². The van der Waals surface area contributed by atoms with Crippen LogP contribution in [-0.4, -0.2) is 43.7 Å². The van der Waals surface area contributed by atoms with E-state index in [0.29, 0.717) is 12.3 Å². The molecule has 0 saturated carbocycles. The van der Waals surface area contributed by atoms with Gasteiger partial charge in [-0.25, -0.2) is 0 Å². The number of ether oxygens (including phenoxy) is 1. The average molecular weight is 399 g/mol. The van der Waals surface area contributed by atoms with Crippen LogP contribution in [0.1, 0.15) is 5.56 Å². The summed E-state index contributed by atoms with van der Waals surface area (Å²) in [7, 11) is 1.59. The van der Waals surface area contributed by atoms with Crippen LogP contribution in [0.3, 0.4) is 0 Å². The first-order valence-corrected chi connectivity index (χ1v) is 9.74. The number of thioether (sulfide) groups is 1. The minimum Gasteiger partial charge on any atom is -0.497 e. The van der Waals surface area contributed by atoms with Gasteiger partial charge in [0.15, 0.2) is 0 Å². The molecule has 0 saturated heterocycles. The number of carbonyl (C=O) groups excluding carboxylic acids is 3. The molecule has 0 bridgehead atoms. The van der Waals surface area contributed by atoms with Gasteiger partial charge in [0.05, 0.1) is 25.1 Å². The SMILES string of the molecule is COc1ccc(CNC(=O)CNC(=O)CN2C(=O)CSc3ccccc32)cc1. The Hall–Kier alpha value is -3.00. The van der Waals surface area contributed by atoms with Crippen molar-refractivity contribution in [3.8, 4) is 5.75 Å². The summed E-state index contributed by atoms with van der Waals surface area (Å²) in [6, 6.07) is 14.8. The molecule has 3 amide bonds. The fourth-order valence-corrected chi connectivity index (χ4v) is 3.65. The van der Waals surface area contributed by atoms with Crippen molar-refractivity contribution >= 4 is 35.2 Å². The van der Waals surface area contributed by atoms with Gasteiger partial charge < -0.3 is 20.3 Å². The van der Waals surface area contributed by atoms with Crippen LogP contribution >= 0.6 is 11.8 Å². The van der Waals surface area contributed by atoms with Crippen molar-refractivity contribution in [1.29, 1.82) is 0 Å². The van der Waals surface area contributed by atoms with E-state index in [1.54, 1.807) is 7.11 Å². The monoisotopic (exact) mass is 399 g/mol. The number of hydrogen-bond donors (Lipinski definition) is 2. The minimum atomic E-state index is -0.380. The Morgan fingerprint density at radius 3 is 2.57 bits per heavy atom. The number of para-hydroxylation sites is 1. The third kappa shape index (κ3) is 5.04. The maximum Gasteiger partial charge on any atom is 0.240 e. The fourth-order valence-electron chi connectivity index (χ4n) is 2.71. The normalized spacial score (nSPS) is 12.9. The highest BCUT2D eigenvalue weighted by Crippen LogP contribution is 2.34. The largest absolute Gasteiger partial charge is 0.497 e. The Balaban J connectivity index is 1.46. The van der Waals surface area contributed by atoms with Crippen LogP contribution < -0.4 is 20.3 Å². The van der Waals surface area contributed by atoms with Crippen LogP contribution in [0, 0.1) is 0 Å². The van der Waals surface area contributed by atoms with Gasteiger partial charge in [-0.05, 0) is 29.8 Å². The van der Waals surface area contributed by atoms with Gasteiger partial charge in [-0.2, -0.15) is 0 Å². The van der Waals surface area contributed by atoms with Crippen molar-refractivity contribution in [1.82, 2.24) is 10.6 Å². The molecule has 1 aliphatic heterocycles. The van der Waals surface area contributed by atoms with E-state index in [1.807, 2.05) is 48.5 Å². The van der Waals surface area contributed by atoms with Crippen LogP contribution in [-0.2, 0) is 20.9 Å². The molecule has 0 spiro atoms. The summed E-state index contributed by atoms with van der Waals surface area (Å²) >= 11 is 1.46. The summed E-state index contributed by atoms with van der Waals surface area (Å²) in [6.07, 6.45) is 0. The van der Waals surface area contributed by atoms with Gasteiger partial charge in [0, 0.05) is 11.4 Å². The summed E-state index contributed by atoms with van der Waals surface area (Å²) in [5.41, 5.74) is 1.65. The highest BCUT2D eigenvalue weighted by molar-refractivity contribution is 8.00. The zero-order chi connectivity index (χ0) is 19.9. The number of methoxy groups -OCH3 is 1. The van der Waals surface area contributed by atoms with Gasteiger partial charge >= 0.3 is 0 Å². The fraction of sp³-hybridized carbons (Fsp3) is 0.250. The summed E-state index contributed by atoms with van der Waals surface area (Å²) in [6.45, 7) is 0.101. The maximum absolute atomic E-state index is 12.2. The standard InChI is InChI=1S/C20H21N3O4S/c1-27-15-8-6-14(7-9-15)10-21-18(24)11-22-19(25)12-23-16-4-2-3-5-17(16)28-13-20(23)26/h2-9H,10-13H2,1H3,(H,21,24)(H,22,25). The molecule has 1 heterocycles. The third-order valence-electron chi connectivity index (χ3n) is 4.20. The van der Waals surface area contributed by atoms with Gasteiger partial charge in [0.2, 0.25) is 17.7 Å². The lowest BCUT2D eigenvalue weighted by Gasteiger charge is -2.28. The van der Waals surface area contributed by atoms with E-state index in [9.17, 15) is 14.4 Å². The second-order valence-electron chi connectivity index (χ2n) is 6.14. The van der Waals surface area contributed by atoms with Crippen LogP contribution in [0.2, 0.25) is 0 Å². The Bertz CT molecular complexity index is 870. The second-order valence-corrected chi connectivity index (χ2v) is 7.15. The zero-order valence-electron chi connectivity index (χ0n) is 15.4. The third-order valence-corrected chi connectivity index (χ3v) is 5.25. The van der Waals surface area contributed by atoms with Gasteiger partial charge in [-0.3, -0.25) is 14.4 Å². The van der Waals surface area contributed by atoms with Crippen molar-refractivity contribution in [2.45, 2.75) is 11.4 Å². The molecule has 2 aromatic carbocycles. The molecule has 3 rings (SSSR count). The summed E-state index contributed by atoms with van der Waals surface area (Å²) in [5, 5.41) is 5.31. The van der Waals surface area contributed by atoms with E-state index in [-0.39, 0.29) is 30.8 Å². The summed E-state index contributed by atoms with van der Waals surface area (Å²) < 4.78 is 5.09. The van der Waals surface area contributed by atoms with Gasteiger partial charge in [0.1, 0.15) is 12.3 Å².